The van der Waals surface area contributed by atoms with Crippen LogP contribution in [0.3, 0.4) is 0 Å². The Balaban J connectivity index is 1.86. The lowest BCUT2D eigenvalue weighted by Gasteiger charge is -2.34. The molecule has 152 valence electrons. The number of morpholine rings is 1. The number of nitrogens with zero attached hydrogens (tertiary/aromatic N) is 5. The van der Waals surface area contributed by atoms with Gasteiger partial charge in [0, 0.05) is 18.2 Å². The molecule has 1 unspecified atom stereocenters. The highest BCUT2D eigenvalue weighted by Gasteiger charge is 2.37. The summed E-state index contributed by atoms with van der Waals surface area (Å²) in [6, 6.07) is 3.33. The Kier molecular flexibility index (Phi) is 4.89. The maximum absolute atomic E-state index is 12.7. The average molecular weight is 406 g/mol. The van der Waals surface area contributed by atoms with Crippen molar-refractivity contribution in [1.82, 2.24) is 25.0 Å². The maximum Gasteiger partial charge on any atom is 0.425 e. The van der Waals surface area contributed by atoms with E-state index >= 15 is 0 Å². The number of hydrogen-bond donors (Lipinski definition) is 2. The summed E-state index contributed by atoms with van der Waals surface area (Å²) < 4.78 is 44.9. The fourth-order valence-electron chi connectivity index (χ4n) is 3.08. The van der Waals surface area contributed by atoms with E-state index in [1.807, 2.05) is 17.7 Å². The topological polar surface area (TPSA) is 92.1 Å². The van der Waals surface area contributed by atoms with Gasteiger partial charge in [-0.2, -0.15) is 28.1 Å². The Morgan fingerprint density at radius 1 is 1.41 bits per heavy atom. The fraction of sp³-hybridized carbons (Fsp3) is 0.389. The molecule has 2 atom stereocenters. The van der Waals surface area contributed by atoms with Crippen molar-refractivity contribution in [3.05, 3.63) is 30.1 Å². The molecule has 0 amide bonds. The molecule has 3 aromatic rings. The van der Waals surface area contributed by atoms with Crippen molar-refractivity contribution in [2.75, 3.05) is 24.7 Å². The SMILES string of the molecule is C[C@@H]1COCCN1c1cc(C#CC(O)C(F)(F)F)c2cnn(-c3ccn[nH]3)c2n1. The quantitative estimate of drug-likeness (QED) is 0.629. The number of alkyl halides is 3. The van der Waals surface area contributed by atoms with Crippen LogP contribution in [0.25, 0.3) is 16.9 Å². The van der Waals surface area contributed by atoms with Crippen LogP contribution in [0, 0.1) is 11.8 Å². The van der Waals surface area contributed by atoms with Crippen LogP contribution in [0.15, 0.2) is 24.5 Å². The molecule has 4 rings (SSSR count). The minimum Gasteiger partial charge on any atom is -0.377 e. The van der Waals surface area contributed by atoms with Crippen LogP contribution in [0.1, 0.15) is 12.5 Å². The number of aromatic amines is 1. The number of nitrogens with one attached hydrogen (secondary N) is 1. The largest absolute Gasteiger partial charge is 0.425 e. The monoisotopic (exact) mass is 406 g/mol. The first kappa shape index (κ1) is 19.2. The Morgan fingerprint density at radius 3 is 2.93 bits per heavy atom. The second-order valence-electron chi connectivity index (χ2n) is 6.59. The number of aliphatic hydroxyl groups is 1. The standard InChI is InChI=1S/C18H17F3N6O2/c1-11-10-29-7-6-26(11)16-8-12(2-3-14(28)18(19,20)21)13-9-23-27(17(13)24-16)15-4-5-22-25-15/h4-5,8-9,11,14,28H,6-7,10H2,1H3,(H,22,25)/t11-,14?/m1/s1. The third-order valence-electron chi connectivity index (χ3n) is 4.56. The van der Waals surface area contributed by atoms with Crippen molar-refractivity contribution < 1.29 is 23.0 Å². The summed E-state index contributed by atoms with van der Waals surface area (Å²) >= 11 is 0. The van der Waals surface area contributed by atoms with E-state index in [0.29, 0.717) is 42.4 Å². The lowest BCUT2D eigenvalue weighted by atomic mass is 10.1. The van der Waals surface area contributed by atoms with Gasteiger partial charge in [0.2, 0.25) is 6.10 Å². The molecule has 1 fully saturated rings. The Morgan fingerprint density at radius 2 is 2.24 bits per heavy atom. The number of halogens is 3. The van der Waals surface area contributed by atoms with Crippen LogP contribution >= 0.6 is 0 Å². The van der Waals surface area contributed by atoms with Crippen molar-refractivity contribution >= 4 is 16.9 Å². The average Bonchev–Trinajstić information content (AvgIpc) is 3.34. The molecular weight excluding hydrogens is 389 g/mol. The van der Waals surface area contributed by atoms with Gasteiger partial charge in [0.1, 0.15) is 5.82 Å². The Hall–Kier alpha value is -3.10. The van der Waals surface area contributed by atoms with Crippen LogP contribution in [-0.4, -0.2) is 68.1 Å². The molecule has 0 saturated carbocycles. The van der Waals surface area contributed by atoms with Crippen molar-refractivity contribution in [3.8, 4) is 17.7 Å². The summed E-state index contributed by atoms with van der Waals surface area (Å²) in [4.78, 5) is 6.67. The molecule has 8 nitrogen and oxygen atoms in total. The molecule has 0 radical (unpaired) electrons. The summed E-state index contributed by atoms with van der Waals surface area (Å²) in [6.07, 6.45) is -4.53. The number of H-pyrrole nitrogens is 1. The molecule has 2 N–H and O–H groups in total. The lowest BCUT2D eigenvalue weighted by molar-refractivity contribution is -0.184. The molecule has 4 heterocycles. The maximum atomic E-state index is 12.7. The molecule has 1 aliphatic heterocycles. The van der Waals surface area contributed by atoms with Gasteiger partial charge in [0.15, 0.2) is 11.5 Å². The van der Waals surface area contributed by atoms with Crippen molar-refractivity contribution in [1.29, 1.82) is 0 Å². The van der Waals surface area contributed by atoms with Crippen LogP contribution in [-0.2, 0) is 4.74 Å². The molecule has 11 heteroatoms. The third kappa shape index (κ3) is 3.76. The first-order valence-corrected chi connectivity index (χ1v) is 8.84. The number of pyridine rings is 1. The molecule has 0 spiro atoms. The van der Waals surface area contributed by atoms with E-state index < -0.39 is 12.3 Å². The molecule has 0 bridgehead atoms. The fourth-order valence-corrected chi connectivity index (χ4v) is 3.08. The molecule has 0 aromatic carbocycles. The Bertz CT molecular complexity index is 1070. The Labute approximate surface area is 163 Å². The second-order valence-corrected chi connectivity index (χ2v) is 6.59. The second kappa shape index (κ2) is 7.38. The van der Waals surface area contributed by atoms with Crippen molar-refractivity contribution in [2.45, 2.75) is 25.2 Å². The smallest absolute Gasteiger partial charge is 0.377 e. The van der Waals surface area contributed by atoms with Crippen LogP contribution < -0.4 is 4.90 Å². The van der Waals surface area contributed by atoms with E-state index in [1.165, 1.54) is 10.9 Å². The van der Waals surface area contributed by atoms with E-state index in [4.69, 9.17) is 4.74 Å². The van der Waals surface area contributed by atoms with Crippen LogP contribution in [0.2, 0.25) is 0 Å². The number of aliphatic hydroxyl groups excluding tert-OH is 1. The number of fused-ring (bicyclic) bond motifs is 1. The highest BCUT2D eigenvalue weighted by Crippen LogP contribution is 2.26. The zero-order valence-electron chi connectivity index (χ0n) is 15.3. The number of ether oxygens (including phenoxy) is 1. The third-order valence-corrected chi connectivity index (χ3v) is 4.56. The van der Waals surface area contributed by atoms with Gasteiger partial charge in [-0.15, -0.1) is 0 Å². The minimum absolute atomic E-state index is 0.0267. The summed E-state index contributed by atoms with van der Waals surface area (Å²) in [6.45, 7) is 3.57. The molecule has 3 aromatic heterocycles. The predicted molar refractivity (Wildman–Crippen MR) is 97.6 cm³/mol. The molecular formula is C18H17F3N6O2. The predicted octanol–water partition coefficient (Wildman–Crippen LogP) is 1.64. The van der Waals surface area contributed by atoms with Crippen molar-refractivity contribution in [3.63, 3.8) is 0 Å². The van der Waals surface area contributed by atoms with Crippen LogP contribution in [0.5, 0.6) is 0 Å². The van der Waals surface area contributed by atoms with E-state index in [9.17, 15) is 18.3 Å². The number of aromatic nitrogens is 5. The van der Waals surface area contributed by atoms with Gasteiger partial charge in [-0.3, -0.25) is 5.10 Å². The first-order chi connectivity index (χ1) is 13.8. The first-order valence-electron chi connectivity index (χ1n) is 8.84. The van der Waals surface area contributed by atoms with E-state index in [2.05, 4.69) is 26.2 Å². The summed E-state index contributed by atoms with van der Waals surface area (Å²) in [5.41, 5.74) is 0.703. The zero-order valence-corrected chi connectivity index (χ0v) is 15.3. The summed E-state index contributed by atoms with van der Waals surface area (Å²) in [5.74, 6) is 5.41. The molecule has 29 heavy (non-hydrogen) atoms. The van der Waals surface area contributed by atoms with Gasteiger partial charge in [-0.1, -0.05) is 11.8 Å². The van der Waals surface area contributed by atoms with Gasteiger partial charge in [-0.25, -0.2) is 4.98 Å². The number of hydrogen-bond acceptors (Lipinski definition) is 6. The van der Waals surface area contributed by atoms with Gasteiger partial charge < -0.3 is 14.7 Å². The zero-order chi connectivity index (χ0) is 20.6. The minimum atomic E-state index is -4.82. The van der Waals surface area contributed by atoms with Gasteiger partial charge in [0.05, 0.1) is 37.0 Å². The lowest BCUT2D eigenvalue weighted by Crippen LogP contribution is -2.44. The highest BCUT2D eigenvalue weighted by atomic mass is 19.4. The van der Waals surface area contributed by atoms with E-state index in [-0.39, 0.29) is 11.6 Å². The van der Waals surface area contributed by atoms with Gasteiger partial charge >= 0.3 is 6.18 Å². The van der Waals surface area contributed by atoms with Crippen LogP contribution in [0.4, 0.5) is 19.0 Å². The molecule has 1 saturated heterocycles. The summed E-state index contributed by atoms with van der Waals surface area (Å²) in [7, 11) is 0. The van der Waals surface area contributed by atoms with E-state index in [0.717, 1.165) is 0 Å². The van der Waals surface area contributed by atoms with E-state index in [1.54, 1.807) is 18.3 Å². The molecule has 0 aliphatic carbocycles. The van der Waals surface area contributed by atoms with Crippen molar-refractivity contribution in [2.24, 2.45) is 0 Å². The number of anilines is 1. The molecule has 1 aliphatic rings. The normalized spacial score (nSPS) is 18.5. The number of rotatable bonds is 2. The summed E-state index contributed by atoms with van der Waals surface area (Å²) in [5, 5.41) is 20.7. The highest BCUT2D eigenvalue weighted by molar-refractivity contribution is 5.85. The van der Waals surface area contributed by atoms with Gasteiger partial charge in [-0.05, 0) is 13.0 Å². The van der Waals surface area contributed by atoms with Gasteiger partial charge in [0.25, 0.3) is 0 Å².